The van der Waals surface area contributed by atoms with Crippen LogP contribution in [0.1, 0.15) is 22.3 Å². The second kappa shape index (κ2) is 8.74. The second-order valence-corrected chi connectivity index (χ2v) is 6.75. The van der Waals surface area contributed by atoms with Crippen LogP contribution >= 0.6 is 0 Å². The van der Waals surface area contributed by atoms with Gasteiger partial charge in [-0.3, -0.25) is 0 Å². The minimum Gasteiger partial charge on any atom is -0.508 e. The molecular weight excluding hydrogens is 368 g/mol. The zero-order valence-electron chi connectivity index (χ0n) is 16.1. The van der Waals surface area contributed by atoms with Crippen LogP contribution in [0, 0.1) is 23.7 Å². The van der Waals surface area contributed by atoms with Crippen molar-refractivity contribution < 1.29 is 10.2 Å². The molecule has 0 radical (unpaired) electrons. The van der Waals surface area contributed by atoms with E-state index in [2.05, 4.69) is 47.9 Å². The van der Waals surface area contributed by atoms with E-state index in [1.807, 2.05) is 24.3 Å². The highest BCUT2D eigenvalue weighted by molar-refractivity contribution is 5.65. The molecule has 30 heavy (non-hydrogen) atoms. The molecule has 0 aliphatic carbocycles. The molecule has 0 saturated carbocycles. The number of phenolic OH excluding ortho intramolecular Hbond substituents is 2. The minimum absolute atomic E-state index is 0.238. The molecule has 0 fully saturated rings. The Morgan fingerprint density at radius 1 is 0.333 bits per heavy atom. The van der Waals surface area contributed by atoms with E-state index in [-0.39, 0.29) is 11.5 Å². The molecule has 0 unspecified atom stereocenters. The smallest absolute Gasteiger partial charge is 0.115 e. The van der Waals surface area contributed by atoms with E-state index in [1.54, 1.807) is 48.5 Å². The molecule has 0 spiro atoms. The van der Waals surface area contributed by atoms with E-state index in [0.717, 1.165) is 33.4 Å². The fourth-order valence-electron chi connectivity index (χ4n) is 2.87. The van der Waals surface area contributed by atoms with Crippen LogP contribution in [0.3, 0.4) is 0 Å². The summed E-state index contributed by atoms with van der Waals surface area (Å²) < 4.78 is 0. The average molecular weight is 386 g/mol. The molecule has 142 valence electrons. The molecule has 4 aromatic rings. The molecule has 0 bridgehead atoms. The maximum Gasteiger partial charge on any atom is 0.115 e. The molecular formula is C28H18O2. The van der Waals surface area contributed by atoms with Crippen molar-refractivity contribution in [3.8, 4) is 46.3 Å². The van der Waals surface area contributed by atoms with Crippen LogP contribution in [0.4, 0.5) is 0 Å². The molecule has 2 heteroatoms. The highest BCUT2D eigenvalue weighted by Gasteiger charge is 1.98. The fourth-order valence-corrected chi connectivity index (χ4v) is 2.87. The van der Waals surface area contributed by atoms with Gasteiger partial charge in [0, 0.05) is 22.3 Å². The minimum atomic E-state index is 0.238. The van der Waals surface area contributed by atoms with Crippen molar-refractivity contribution in [3.63, 3.8) is 0 Å². The molecule has 0 aliphatic rings. The number of rotatable bonds is 1. The highest BCUT2D eigenvalue weighted by atomic mass is 16.3. The van der Waals surface area contributed by atoms with Crippen LogP contribution in [0.2, 0.25) is 0 Å². The number of aromatic hydroxyl groups is 2. The third kappa shape index (κ3) is 4.90. The Kier molecular flexibility index (Phi) is 5.52. The van der Waals surface area contributed by atoms with Gasteiger partial charge < -0.3 is 10.2 Å². The highest BCUT2D eigenvalue weighted by Crippen LogP contribution is 2.20. The maximum absolute atomic E-state index is 9.33. The molecule has 0 atom stereocenters. The van der Waals surface area contributed by atoms with Crippen molar-refractivity contribution in [1.82, 2.24) is 0 Å². The Bertz CT molecular complexity index is 1150. The first kappa shape index (κ1) is 18.9. The van der Waals surface area contributed by atoms with Crippen LogP contribution in [-0.2, 0) is 0 Å². The topological polar surface area (TPSA) is 40.5 Å². The lowest BCUT2D eigenvalue weighted by atomic mass is 10.0. The molecule has 4 rings (SSSR count). The standard InChI is InChI=1S/C28H18O2/c29-27-17-9-23(10-18-27)3-1-21-5-13-25(14-6-21)26-15-7-22(8-16-26)2-4-24-11-19-28(30)20-12-24/h5-20,29-30H. The Morgan fingerprint density at radius 2 is 0.567 bits per heavy atom. The van der Waals surface area contributed by atoms with Gasteiger partial charge in [-0.05, 0) is 83.9 Å². The van der Waals surface area contributed by atoms with Gasteiger partial charge in [-0.2, -0.15) is 0 Å². The Hall–Kier alpha value is -4.40. The average Bonchev–Trinajstić information content (AvgIpc) is 2.79. The normalized spacial score (nSPS) is 9.73. The van der Waals surface area contributed by atoms with Gasteiger partial charge in [0.15, 0.2) is 0 Å². The van der Waals surface area contributed by atoms with E-state index in [4.69, 9.17) is 0 Å². The molecule has 2 N–H and O–H groups in total. The SMILES string of the molecule is Oc1ccc(C#Cc2ccc(-c3ccc(C#Cc4ccc(O)cc4)cc3)cc2)cc1. The quantitative estimate of drug-likeness (QED) is 0.420. The van der Waals surface area contributed by atoms with E-state index in [1.165, 1.54) is 0 Å². The summed E-state index contributed by atoms with van der Waals surface area (Å²) in [6.07, 6.45) is 0. The Balaban J connectivity index is 1.46. The van der Waals surface area contributed by atoms with Crippen LogP contribution in [0.15, 0.2) is 97.1 Å². The van der Waals surface area contributed by atoms with Crippen molar-refractivity contribution in [2.24, 2.45) is 0 Å². The van der Waals surface area contributed by atoms with Crippen molar-refractivity contribution in [2.45, 2.75) is 0 Å². The van der Waals surface area contributed by atoms with Crippen molar-refractivity contribution >= 4 is 0 Å². The van der Waals surface area contributed by atoms with Crippen LogP contribution in [-0.4, -0.2) is 10.2 Å². The van der Waals surface area contributed by atoms with Gasteiger partial charge in [-0.1, -0.05) is 47.9 Å². The Morgan fingerprint density at radius 3 is 0.833 bits per heavy atom. The summed E-state index contributed by atoms with van der Waals surface area (Å²) in [4.78, 5) is 0. The first-order valence-corrected chi connectivity index (χ1v) is 9.48. The summed E-state index contributed by atoms with van der Waals surface area (Å²) in [6, 6.07) is 29.9. The predicted molar refractivity (Wildman–Crippen MR) is 120 cm³/mol. The fraction of sp³-hybridized carbons (Fsp3) is 0. The third-order valence-electron chi connectivity index (χ3n) is 4.54. The molecule has 0 amide bonds. The summed E-state index contributed by atoms with van der Waals surface area (Å²) in [7, 11) is 0. The number of hydrogen-bond donors (Lipinski definition) is 2. The van der Waals surface area contributed by atoms with Gasteiger partial charge in [-0.15, -0.1) is 0 Å². The summed E-state index contributed by atoms with van der Waals surface area (Å²) in [5.74, 6) is 12.9. The lowest BCUT2D eigenvalue weighted by Crippen LogP contribution is -1.81. The van der Waals surface area contributed by atoms with Crippen molar-refractivity contribution in [2.75, 3.05) is 0 Å². The Labute approximate surface area is 176 Å². The molecule has 0 aliphatic heterocycles. The monoisotopic (exact) mass is 386 g/mol. The summed E-state index contributed by atoms with van der Waals surface area (Å²) in [6.45, 7) is 0. The van der Waals surface area contributed by atoms with Crippen molar-refractivity contribution in [3.05, 3.63) is 119 Å². The summed E-state index contributed by atoms with van der Waals surface area (Å²) in [5, 5.41) is 18.7. The van der Waals surface area contributed by atoms with Gasteiger partial charge in [0.1, 0.15) is 11.5 Å². The molecule has 0 heterocycles. The van der Waals surface area contributed by atoms with Crippen LogP contribution < -0.4 is 0 Å². The predicted octanol–water partition coefficient (Wildman–Crippen LogP) is 5.56. The number of hydrogen-bond acceptors (Lipinski definition) is 2. The van der Waals surface area contributed by atoms with Gasteiger partial charge in [0.2, 0.25) is 0 Å². The zero-order chi connectivity index (χ0) is 20.8. The molecule has 4 aromatic carbocycles. The summed E-state index contributed by atoms with van der Waals surface area (Å²) >= 11 is 0. The van der Waals surface area contributed by atoms with Gasteiger partial charge in [0.25, 0.3) is 0 Å². The van der Waals surface area contributed by atoms with Gasteiger partial charge >= 0.3 is 0 Å². The van der Waals surface area contributed by atoms with E-state index >= 15 is 0 Å². The third-order valence-corrected chi connectivity index (χ3v) is 4.54. The van der Waals surface area contributed by atoms with E-state index in [9.17, 15) is 10.2 Å². The second-order valence-electron chi connectivity index (χ2n) is 6.75. The molecule has 0 saturated heterocycles. The van der Waals surface area contributed by atoms with Gasteiger partial charge in [0.05, 0.1) is 0 Å². The van der Waals surface area contributed by atoms with Gasteiger partial charge in [-0.25, -0.2) is 0 Å². The first-order valence-electron chi connectivity index (χ1n) is 9.48. The van der Waals surface area contributed by atoms with Crippen LogP contribution in [0.25, 0.3) is 11.1 Å². The maximum atomic E-state index is 9.33. The van der Waals surface area contributed by atoms with E-state index < -0.39 is 0 Å². The van der Waals surface area contributed by atoms with Crippen molar-refractivity contribution in [1.29, 1.82) is 0 Å². The number of benzene rings is 4. The molecule has 2 nitrogen and oxygen atoms in total. The summed E-state index contributed by atoms with van der Waals surface area (Å²) in [5.41, 5.74) is 5.82. The van der Waals surface area contributed by atoms with Crippen LogP contribution in [0.5, 0.6) is 11.5 Å². The molecule has 0 aromatic heterocycles. The zero-order valence-corrected chi connectivity index (χ0v) is 16.1. The first-order chi connectivity index (χ1) is 14.7. The lowest BCUT2D eigenvalue weighted by Gasteiger charge is -2.02. The largest absolute Gasteiger partial charge is 0.508 e. The van der Waals surface area contributed by atoms with E-state index in [0.29, 0.717) is 0 Å². The lowest BCUT2D eigenvalue weighted by molar-refractivity contribution is 0.474. The number of phenols is 2.